The Hall–Kier alpha value is -0.980. The zero-order chi connectivity index (χ0) is 7.68. The van der Waals surface area contributed by atoms with E-state index in [0.717, 1.165) is 30.8 Å². The Kier molecular flexibility index (Phi) is 1.57. The molecule has 1 heterocycles. The first kappa shape index (κ1) is 6.71. The Bertz CT molecular complexity index is 266. The van der Waals surface area contributed by atoms with E-state index in [2.05, 4.69) is 12.1 Å². The van der Waals surface area contributed by atoms with E-state index < -0.39 is 0 Å². The van der Waals surface area contributed by atoms with Gasteiger partial charge in [-0.25, -0.2) is 0 Å². The highest BCUT2D eigenvalue weighted by molar-refractivity contribution is 5.41. The molecule has 1 aliphatic heterocycles. The van der Waals surface area contributed by atoms with E-state index >= 15 is 0 Å². The van der Waals surface area contributed by atoms with Gasteiger partial charge in [0.2, 0.25) is 0 Å². The van der Waals surface area contributed by atoms with Gasteiger partial charge < -0.3 is 4.74 Å². The minimum absolute atomic E-state index is 0.867. The van der Waals surface area contributed by atoms with Crippen LogP contribution in [0.5, 0.6) is 5.75 Å². The van der Waals surface area contributed by atoms with Gasteiger partial charge in [0.25, 0.3) is 0 Å². The van der Waals surface area contributed by atoms with E-state index in [4.69, 9.17) is 4.74 Å². The molecule has 0 aliphatic carbocycles. The Morgan fingerprint density at radius 1 is 1.55 bits per heavy atom. The van der Waals surface area contributed by atoms with Crippen LogP contribution in [0.2, 0.25) is 0 Å². The molecule has 0 aromatic heterocycles. The minimum atomic E-state index is 0.867. The van der Waals surface area contributed by atoms with Crippen LogP contribution in [0.3, 0.4) is 0 Å². The highest BCUT2D eigenvalue weighted by Crippen LogP contribution is 2.27. The molecule has 1 aromatic carbocycles. The summed E-state index contributed by atoms with van der Waals surface area (Å²) in [5, 5.41) is 0. The lowest BCUT2D eigenvalue weighted by Gasteiger charge is -2.18. The molecule has 0 saturated carbocycles. The molecule has 1 nitrogen and oxygen atoms in total. The van der Waals surface area contributed by atoms with Gasteiger partial charge in [-0.3, -0.25) is 0 Å². The van der Waals surface area contributed by atoms with Crippen LogP contribution in [0.1, 0.15) is 17.5 Å². The molecule has 1 aromatic rings. The molecule has 1 aliphatic rings. The van der Waals surface area contributed by atoms with Crippen LogP contribution >= 0.6 is 0 Å². The molecule has 1 heteroatoms. The highest BCUT2D eigenvalue weighted by atomic mass is 16.5. The molecular weight excluding hydrogens is 136 g/mol. The lowest BCUT2D eigenvalue weighted by Crippen LogP contribution is -2.09. The topological polar surface area (TPSA) is 9.23 Å². The van der Waals surface area contributed by atoms with Crippen LogP contribution in [0.15, 0.2) is 12.1 Å². The predicted molar refractivity (Wildman–Crippen MR) is 43.8 cm³/mol. The lowest BCUT2D eigenvalue weighted by molar-refractivity contribution is 0.286. The van der Waals surface area contributed by atoms with Crippen molar-refractivity contribution in [3.05, 3.63) is 29.3 Å². The van der Waals surface area contributed by atoms with Gasteiger partial charge in [-0.2, -0.15) is 0 Å². The summed E-state index contributed by atoms with van der Waals surface area (Å²) in [6.07, 6.45) is 2.31. The summed E-state index contributed by atoms with van der Waals surface area (Å²) in [6, 6.07) is 7.21. The normalized spacial score (nSPS) is 15.4. The van der Waals surface area contributed by atoms with Crippen molar-refractivity contribution in [1.29, 1.82) is 0 Å². The van der Waals surface area contributed by atoms with Gasteiger partial charge in [-0.1, -0.05) is 12.1 Å². The fraction of sp³-hybridized carbons (Fsp3) is 0.400. The Balaban J connectivity index is 2.49. The number of fused-ring (bicyclic) bond motifs is 1. The Morgan fingerprint density at radius 2 is 2.45 bits per heavy atom. The van der Waals surface area contributed by atoms with Crippen molar-refractivity contribution >= 4 is 0 Å². The maximum atomic E-state index is 5.52. The van der Waals surface area contributed by atoms with Crippen LogP contribution in [-0.2, 0) is 6.42 Å². The van der Waals surface area contributed by atoms with Crippen LogP contribution in [0, 0.1) is 13.0 Å². The third kappa shape index (κ3) is 1.11. The van der Waals surface area contributed by atoms with Crippen molar-refractivity contribution in [2.75, 3.05) is 6.61 Å². The number of rotatable bonds is 0. The first-order valence-corrected chi connectivity index (χ1v) is 4.01. The zero-order valence-electron chi connectivity index (χ0n) is 6.68. The maximum Gasteiger partial charge on any atom is 0.125 e. The van der Waals surface area contributed by atoms with Crippen LogP contribution in [0.25, 0.3) is 0 Å². The first-order chi connectivity index (χ1) is 5.38. The fourth-order valence-corrected chi connectivity index (χ4v) is 1.48. The molecule has 0 fully saturated rings. The van der Waals surface area contributed by atoms with Gasteiger partial charge in [0.15, 0.2) is 0 Å². The Labute approximate surface area is 67.0 Å². The van der Waals surface area contributed by atoms with Crippen LogP contribution in [0.4, 0.5) is 0 Å². The van der Waals surface area contributed by atoms with Crippen molar-refractivity contribution in [3.63, 3.8) is 0 Å². The summed E-state index contributed by atoms with van der Waals surface area (Å²) in [6.45, 7) is 2.91. The molecule has 0 amide bonds. The molecule has 0 spiro atoms. The maximum absolute atomic E-state index is 5.52. The summed E-state index contributed by atoms with van der Waals surface area (Å²) in [5.41, 5.74) is 2.48. The first-order valence-electron chi connectivity index (χ1n) is 4.01. The number of aryl methyl sites for hydroxylation is 2. The van der Waals surface area contributed by atoms with E-state index in [-0.39, 0.29) is 0 Å². The van der Waals surface area contributed by atoms with Gasteiger partial charge in [0.05, 0.1) is 6.61 Å². The Morgan fingerprint density at radius 3 is 3.27 bits per heavy atom. The third-order valence-corrected chi connectivity index (χ3v) is 2.05. The second-order valence-electron chi connectivity index (χ2n) is 2.91. The highest BCUT2D eigenvalue weighted by Gasteiger charge is 2.10. The van der Waals surface area contributed by atoms with Crippen LogP contribution < -0.4 is 4.74 Å². The second-order valence-corrected chi connectivity index (χ2v) is 2.91. The number of benzene rings is 1. The molecule has 11 heavy (non-hydrogen) atoms. The lowest BCUT2D eigenvalue weighted by atomic mass is 10.0. The average molecular weight is 147 g/mol. The second kappa shape index (κ2) is 2.57. The summed E-state index contributed by atoms with van der Waals surface area (Å²) >= 11 is 0. The van der Waals surface area contributed by atoms with Gasteiger partial charge in [-0.05, 0) is 37.0 Å². The predicted octanol–water partition coefficient (Wildman–Crippen LogP) is 2.12. The summed E-state index contributed by atoms with van der Waals surface area (Å²) in [5.74, 6) is 1.07. The summed E-state index contributed by atoms with van der Waals surface area (Å²) < 4.78 is 5.52. The van der Waals surface area contributed by atoms with Crippen molar-refractivity contribution in [2.45, 2.75) is 19.8 Å². The number of hydrogen-bond donors (Lipinski definition) is 0. The average Bonchev–Trinajstić information content (AvgIpc) is 2.06. The van der Waals surface area contributed by atoms with Gasteiger partial charge >= 0.3 is 0 Å². The van der Waals surface area contributed by atoms with Gasteiger partial charge in [0, 0.05) is 0 Å². The van der Waals surface area contributed by atoms with Crippen molar-refractivity contribution in [3.8, 4) is 5.75 Å². The van der Waals surface area contributed by atoms with E-state index in [0.29, 0.717) is 0 Å². The fourth-order valence-electron chi connectivity index (χ4n) is 1.48. The SMILES string of the molecule is Cc1[c]ccc2c1OCCC2. The molecule has 0 N–H and O–H groups in total. The molecule has 0 atom stereocenters. The monoisotopic (exact) mass is 147 g/mol. The smallest absolute Gasteiger partial charge is 0.125 e. The largest absolute Gasteiger partial charge is 0.493 e. The molecule has 0 bridgehead atoms. The van der Waals surface area contributed by atoms with E-state index in [1.807, 2.05) is 13.0 Å². The molecule has 2 rings (SSSR count). The summed E-state index contributed by atoms with van der Waals surface area (Å²) in [4.78, 5) is 0. The van der Waals surface area contributed by atoms with E-state index in [1.165, 1.54) is 5.56 Å². The van der Waals surface area contributed by atoms with E-state index in [1.54, 1.807) is 0 Å². The standard InChI is InChI=1S/C10H11O/c1-8-4-2-5-9-6-3-7-11-10(8)9/h2,5H,3,6-7H2,1H3. The van der Waals surface area contributed by atoms with Crippen molar-refractivity contribution in [2.24, 2.45) is 0 Å². The molecular formula is C10H11O. The molecule has 1 radical (unpaired) electrons. The molecule has 0 saturated heterocycles. The quantitative estimate of drug-likeness (QED) is 0.546. The summed E-state index contributed by atoms with van der Waals surface area (Å²) in [7, 11) is 0. The number of ether oxygens (including phenoxy) is 1. The van der Waals surface area contributed by atoms with Gasteiger partial charge in [0.1, 0.15) is 5.75 Å². The number of hydrogen-bond acceptors (Lipinski definition) is 1. The van der Waals surface area contributed by atoms with Crippen LogP contribution in [-0.4, -0.2) is 6.61 Å². The van der Waals surface area contributed by atoms with Crippen molar-refractivity contribution in [1.82, 2.24) is 0 Å². The van der Waals surface area contributed by atoms with E-state index in [9.17, 15) is 0 Å². The zero-order valence-corrected chi connectivity index (χ0v) is 6.68. The third-order valence-electron chi connectivity index (χ3n) is 2.05. The molecule has 0 unspecified atom stereocenters. The van der Waals surface area contributed by atoms with Crippen molar-refractivity contribution < 1.29 is 4.74 Å². The molecule has 57 valence electrons. The minimum Gasteiger partial charge on any atom is -0.493 e. The van der Waals surface area contributed by atoms with Gasteiger partial charge in [-0.15, -0.1) is 0 Å².